The molecule has 0 radical (unpaired) electrons. The van der Waals surface area contributed by atoms with Crippen LogP contribution in [0, 0.1) is 6.92 Å². The Morgan fingerprint density at radius 2 is 1.85 bits per heavy atom. The van der Waals surface area contributed by atoms with Crippen LogP contribution in [0.4, 0.5) is 5.69 Å². The number of carbonyl (C=O) groups excluding carboxylic acids is 1. The number of thioether (sulfide) groups is 1. The number of anilines is 1. The maximum absolute atomic E-state index is 12.0. The van der Waals surface area contributed by atoms with Crippen LogP contribution >= 0.6 is 11.8 Å². The zero-order chi connectivity index (χ0) is 19.1. The molecule has 0 aliphatic carbocycles. The number of H-pyrrole nitrogens is 1. The van der Waals surface area contributed by atoms with Gasteiger partial charge < -0.3 is 10.1 Å². The average Bonchev–Trinajstić information content (AvgIpc) is 2.69. The molecule has 0 aliphatic rings. The normalized spacial score (nSPS) is 10.4. The van der Waals surface area contributed by atoms with Crippen LogP contribution in [0.3, 0.4) is 0 Å². The molecule has 0 aliphatic heterocycles. The summed E-state index contributed by atoms with van der Waals surface area (Å²) in [7, 11) is 0. The molecule has 0 fully saturated rings. The largest absolute Gasteiger partial charge is 0.489 e. The van der Waals surface area contributed by atoms with E-state index in [0.29, 0.717) is 23.1 Å². The Kier molecular flexibility index (Phi) is 6.22. The number of nitrogens with one attached hydrogen (secondary N) is 2. The van der Waals surface area contributed by atoms with Gasteiger partial charge in [-0.3, -0.25) is 14.6 Å². The second-order valence-corrected chi connectivity index (χ2v) is 6.64. The summed E-state index contributed by atoms with van der Waals surface area (Å²) in [6.07, 6.45) is 0. The number of aromatic nitrogens is 3. The standard InChI is InChI=1S/C19H18N4O3S/c1-13-18(25)21-19(23-22-13)27-12-17(24)20-15-7-9-16(10-8-15)26-11-14-5-3-2-4-6-14/h2-10H,11-12H2,1H3,(H,20,24)(H,21,23,25). The monoisotopic (exact) mass is 382 g/mol. The number of ether oxygens (including phenoxy) is 1. The second kappa shape index (κ2) is 9.00. The van der Waals surface area contributed by atoms with Crippen molar-refractivity contribution in [1.82, 2.24) is 15.2 Å². The molecular weight excluding hydrogens is 364 g/mol. The minimum absolute atomic E-state index is 0.111. The van der Waals surface area contributed by atoms with Gasteiger partial charge in [0.2, 0.25) is 5.91 Å². The van der Waals surface area contributed by atoms with Crippen molar-refractivity contribution in [2.45, 2.75) is 18.7 Å². The maximum atomic E-state index is 12.0. The predicted octanol–water partition coefficient (Wildman–Crippen LogP) is 2.78. The number of hydrogen-bond acceptors (Lipinski definition) is 6. The summed E-state index contributed by atoms with van der Waals surface area (Å²) < 4.78 is 5.71. The van der Waals surface area contributed by atoms with E-state index in [4.69, 9.17) is 4.74 Å². The SMILES string of the molecule is Cc1nnc(SCC(=O)Nc2ccc(OCc3ccccc3)cc2)[nH]c1=O. The van der Waals surface area contributed by atoms with Gasteiger partial charge >= 0.3 is 0 Å². The molecule has 8 heteroatoms. The lowest BCUT2D eigenvalue weighted by molar-refractivity contribution is -0.113. The highest BCUT2D eigenvalue weighted by Gasteiger charge is 2.07. The van der Waals surface area contributed by atoms with E-state index in [-0.39, 0.29) is 17.2 Å². The third-order valence-electron chi connectivity index (χ3n) is 3.57. The van der Waals surface area contributed by atoms with E-state index in [1.807, 2.05) is 30.3 Å². The topological polar surface area (TPSA) is 97.0 Å². The van der Waals surface area contributed by atoms with E-state index in [1.165, 1.54) is 0 Å². The molecule has 1 heterocycles. The number of nitrogens with zero attached hydrogens (tertiary/aromatic N) is 2. The molecule has 3 aromatic rings. The molecule has 0 bridgehead atoms. The molecule has 1 amide bonds. The Bertz CT molecular complexity index is 959. The van der Waals surface area contributed by atoms with E-state index < -0.39 is 0 Å². The second-order valence-electron chi connectivity index (χ2n) is 5.68. The first-order valence-corrected chi connectivity index (χ1v) is 9.22. The van der Waals surface area contributed by atoms with Gasteiger partial charge in [0.05, 0.1) is 5.75 Å². The van der Waals surface area contributed by atoms with Crippen molar-refractivity contribution in [3.8, 4) is 5.75 Å². The number of rotatable bonds is 7. The number of hydrogen-bond donors (Lipinski definition) is 2. The fourth-order valence-corrected chi connectivity index (χ4v) is 2.75. The summed E-state index contributed by atoms with van der Waals surface area (Å²) >= 11 is 1.11. The molecule has 0 saturated heterocycles. The van der Waals surface area contributed by atoms with Crippen LogP contribution in [0.5, 0.6) is 5.75 Å². The van der Waals surface area contributed by atoms with Crippen molar-refractivity contribution in [2.24, 2.45) is 0 Å². The smallest absolute Gasteiger partial charge is 0.273 e. The molecule has 0 saturated carbocycles. The highest BCUT2D eigenvalue weighted by atomic mass is 32.2. The highest BCUT2D eigenvalue weighted by molar-refractivity contribution is 7.99. The molecule has 2 N–H and O–H groups in total. The van der Waals surface area contributed by atoms with Crippen molar-refractivity contribution in [1.29, 1.82) is 0 Å². The van der Waals surface area contributed by atoms with E-state index >= 15 is 0 Å². The molecule has 2 aromatic carbocycles. The maximum Gasteiger partial charge on any atom is 0.273 e. The fourth-order valence-electron chi connectivity index (χ4n) is 2.15. The number of aromatic amines is 1. The quantitative estimate of drug-likeness (QED) is 0.610. The van der Waals surface area contributed by atoms with Gasteiger partial charge in [-0.1, -0.05) is 42.1 Å². The lowest BCUT2D eigenvalue weighted by Crippen LogP contribution is -2.17. The Morgan fingerprint density at radius 1 is 1.11 bits per heavy atom. The lowest BCUT2D eigenvalue weighted by atomic mass is 10.2. The molecule has 1 aromatic heterocycles. The summed E-state index contributed by atoms with van der Waals surface area (Å²) in [6, 6.07) is 17.0. The minimum atomic E-state index is -0.306. The first-order chi connectivity index (χ1) is 13.1. The van der Waals surface area contributed by atoms with Gasteiger partial charge in [0.25, 0.3) is 5.56 Å². The van der Waals surface area contributed by atoms with Gasteiger partial charge in [-0.15, -0.1) is 10.2 Å². The number of amides is 1. The van der Waals surface area contributed by atoms with Crippen molar-refractivity contribution in [2.75, 3.05) is 11.1 Å². The van der Waals surface area contributed by atoms with Gasteiger partial charge in [0.1, 0.15) is 18.1 Å². The number of benzene rings is 2. The number of aryl methyl sites for hydroxylation is 1. The predicted molar refractivity (Wildman–Crippen MR) is 104 cm³/mol. The molecular formula is C19H18N4O3S. The van der Waals surface area contributed by atoms with Crippen molar-refractivity contribution >= 4 is 23.4 Å². The Hall–Kier alpha value is -3.13. The van der Waals surface area contributed by atoms with Crippen LogP contribution < -0.4 is 15.6 Å². The third-order valence-corrected chi connectivity index (χ3v) is 4.43. The summed E-state index contributed by atoms with van der Waals surface area (Å²) in [5.41, 5.74) is 1.73. The first kappa shape index (κ1) is 18.7. The Morgan fingerprint density at radius 3 is 2.56 bits per heavy atom. The highest BCUT2D eigenvalue weighted by Crippen LogP contribution is 2.18. The van der Waals surface area contributed by atoms with Gasteiger partial charge in [-0.05, 0) is 36.8 Å². The van der Waals surface area contributed by atoms with Crippen LogP contribution in [0.2, 0.25) is 0 Å². The van der Waals surface area contributed by atoms with E-state index in [9.17, 15) is 9.59 Å². The van der Waals surface area contributed by atoms with E-state index in [1.54, 1.807) is 31.2 Å². The summed E-state index contributed by atoms with van der Waals surface area (Å²) in [5.74, 6) is 0.625. The Balaban J connectivity index is 1.47. The molecule has 0 atom stereocenters. The van der Waals surface area contributed by atoms with Crippen LogP contribution in [-0.4, -0.2) is 26.8 Å². The zero-order valence-electron chi connectivity index (χ0n) is 14.6. The summed E-state index contributed by atoms with van der Waals surface area (Å²) in [4.78, 5) is 26.1. The van der Waals surface area contributed by atoms with Gasteiger partial charge in [-0.25, -0.2) is 0 Å². The fraction of sp³-hybridized carbons (Fsp3) is 0.158. The van der Waals surface area contributed by atoms with Gasteiger partial charge in [-0.2, -0.15) is 0 Å². The van der Waals surface area contributed by atoms with Crippen molar-refractivity contribution in [3.05, 3.63) is 76.2 Å². The van der Waals surface area contributed by atoms with Gasteiger partial charge in [0, 0.05) is 5.69 Å². The summed E-state index contributed by atoms with van der Waals surface area (Å²) in [6.45, 7) is 2.05. The van der Waals surface area contributed by atoms with E-state index in [2.05, 4.69) is 20.5 Å². The Labute approximate surface area is 160 Å². The van der Waals surface area contributed by atoms with Crippen molar-refractivity contribution in [3.63, 3.8) is 0 Å². The van der Waals surface area contributed by atoms with Crippen LogP contribution in [-0.2, 0) is 11.4 Å². The molecule has 0 spiro atoms. The minimum Gasteiger partial charge on any atom is -0.489 e. The number of carbonyl (C=O) groups is 1. The first-order valence-electron chi connectivity index (χ1n) is 8.23. The van der Waals surface area contributed by atoms with Crippen LogP contribution in [0.25, 0.3) is 0 Å². The zero-order valence-corrected chi connectivity index (χ0v) is 15.5. The third kappa shape index (κ3) is 5.68. The molecule has 3 rings (SSSR count). The molecule has 138 valence electrons. The van der Waals surface area contributed by atoms with Crippen molar-refractivity contribution < 1.29 is 9.53 Å². The molecule has 27 heavy (non-hydrogen) atoms. The van der Waals surface area contributed by atoms with Gasteiger partial charge in [0.15, 0.2) is 5.16 Å². The van der Waals surface area contributed by atoms with Crippen LogP contribution in [0.15, 0.2) is 64.5 Å². The average molecular weight is 382 g/mol. The summed E-state index contributed by atoms with van der Waals surface area (Å²) in [5, 5.41) is 10.7. The lowest BCUT2D eigenvalue weighted by Gasteiger charge is -2.08. The van der Waals surface area contributed by atoms with E-state index in [0.717, 1.165) is 23.1 Å². The molecule has 0 unspecified atom stereocenters. The molecule has 7 nitrogen and oxygen atoms in total. The van der Waals surface area contributed by atoms with Crippen LogP contribution in [0.1, 0.15) is 11.3 Å².